The van der Waals surface area contributed by atoms with Crippen LogP contribution in [0.2, 0.25) is 0 Å². The lowest BCUT2D eigenvalue weighted by atomic mass is 9.88. The van der Waals surface area contributed by atoms with Gasteiger partial charge in [-0.05, 0) is 116 Å². The van der Waals surface area contributed by atoms with E-state index in [-0.39, 0.29) is 16.4 Å². The molecule has 3 rings (SSSR count). The van der Waals surface area contributed by atoms with Crippen LogP contribution < -0.4 is 0 Å². The molecule has 8 heteroatoms. The highest BCUT2D eigenvalue weighted by Crippen LogP contribution is 2.38. The van der Waals surface area contributed by atoms with E-state index in [2.05, 4.69) is 31.9 Å². The molecule has 0 unspecified atom stereocenters. The molecule has 0 radical (unpaired) electrons. The first kappa shape index (κ1) is 21.7. The van der Waals surface area contributed by atoms with E-state index in [4.69, 9.17) is 0 Å². The second-order valence-electron chi connectivity index (χ2n) is 6.61. The first-order valence-corrected chi connectivity index (χ1v) is 11.4. The zero-order chi connectivity index (χ0) is 21.5. The van der Waals surface area contributed by atoms with Gasteiger partial charge in [-0.1, -0.05) is 12.1 Å². The molecule has 1 aliphatic carbocycles. The van der Waals surface area contributed by atoms with Crippen LogP contribution in [-0.4, -0.2) is 23.9 Å². The molecular formula is C21H16Br2O5S. The third-order valence-corrected chi connectivity index (χ3v) is 6.52. The Morgan fingerprint density at radius 2 is 1.69 bits per heavy atom. The van der Waals surface area contributed by atoms with E-state index < -0.39 is 10.1 Å². The van der Waals surface area contributed by atoms with Gasteiger partial charge in [0.25, 0.3) is 10.1 Å². The minimum atomic E-state index is -4.39. The smallest absolute Gasteiger partial charge is 0.294 e. The fourth-order valence-corrected chi connectivity index (χ4v) is 4.71. The van der Waals surface area contributed by atoms with Crippen LogP contribution >= 0.6 is 31.9 Å². The summed E-state index contributed by atoms with van der Waals surface area (Å²) >= 11 is 6.62. The average Bonchev–Trinajstić information content (AvgIpc) is 2.64. The number of benzene rings is 2. The van der Waals surface area contributed by atoms with E-state index in [1.807, 2.05) is 0 Å². The van der Waals surface area contributed by atoms with E-state index in [1.54, 1.807) is 44.2 Å². The van der Waals surface area contributed by atoms with Crippen molar-refractivity contribution in [2.75, 3.05) is 0 Å². The first-order valence-electron chi connectivity index (χ1n) is 8.41. The topological polar surface area (TPSA) is 91.7 Å². The molecule has 150 valence electrons. The van der Waals surface area contributed by atoms with E-state index in [0.29, 0.717) is 42.4 Å². The third-order valence-electron chi connectivity index (χ3n) is 4.48. The van der Waals surface area contributed by atoms with Crippen molar-refractivity contribution in [3.8, 4) is 5.75 Å². The normalized spacial score (nSPS) is 16.4. The van der Waals surface area contributed by atoms with Crippen LogP contribution in [0.25, 0.3) is 5.57 Å². The maximum Gasteiger partial charge on any atom is 0.294 e. The number of hydrogen-bond acceptors (Lipinski definition) is 4. The zero-order valence-electron chi connectivity index (χ0n) is 15.4. The lowest BCUT2D eigenvalue weighted by Crippen LogP contribution is -2.06. The molecule has 1 aliphatic rings. The van der Waals surface area contributed by atoms with Crippen molar-refractivity contribution in [3.05, 3.63) is 85.3 Å². The summed E-state index contributed by atoms with van der Waals surface area (Å²) in [5.74, 6) is -0.0325. The van der Waals surface area contributed by atoms with Gasteiger partial charge < -0.3 is 5.11 Å². The quantitative estimate of drug-likeness (QED) is 0.515. The van der Waals surface area contributed by atoms with Crippen LogP contribution in [0, 0.1) is 6.92 Å². The van der Waals surface area contributed by atoms with Gasteiger partial charge in [-0.15, -0.1) is 0 Å². The van der Waals surface area contributed by atoms with E-state index in [0.717, 1.165) is 0 Å². The van der Waals surface area contributed by atoms with Gasteiger partial charge in [0.2, 0.25) is 0 Å². The lowest BCUT2D eigenvalue weighted by Gasteiger charge is -2.18. The summed E-state index contributed by atoms with van der Waals surface area (Å²) in [4.78, 5) is 11.9. The summed E-state index contributed by atoms with van der Waals surface area (Å²) in [6, 6.07) is 9.40. The average molecular weight is 540 g/mol. The second-order valence-corrected chi connectivity index (χ2v) is 9.74. The van der Waals surface area contributed by atoms with E-state index >= 15 is 0 Å². The predicted molar refractivity (Wildman–Crippen MR) is 119 cm³/mol. The van der Waals surface area contributed by atoms with Crippen LogP contribution in [0.5, 0.6) is 5.75 Å². The fraction of sp³-hybridized carbons (Fsp3) is 0.0952. The summed E-state index contributed by atoms with van der Waals surface area (Å²) < 4.78 is 33.6. The summed E-state index contributed by atoms with van der Waals surface area (Å²) in [6.45, 7) is 3.44. The fourth-order valence-electron chi connectivity index (χ4n) is 3.07. The van der Waals surface area contributed by atoms with Crippen molar-refractivity contribution < 1.29 is 22.9 Å². The third kappa shape index (κ3) is 4.45. The Morgan fingerprint density at radius 3 is 2.28 bits per heavy atom. The monoisotopic (exact) mass is 538 g/mol. The van der Waals surface area contributed by atoms with Crippen LogP contribution in [0.15, 0.2) is 73.5 Å². The Morgan fingerprint density at radius 1 is 1.00 bits per heavy atom. The molecule has 0 bridgehead atoms. The van der Waals surface area contributed by atoms with Crippen LogP contribution in [0.1, 0.15) is 23.6 Å². The highest BCUT2D eigenvalue weighted by atomic mass is 79.9. The van der Waals surface area contributed by atoms with Gasteiger partial charge in [-0.3, -0.25) is 9.35 Å². The van der Waals surface area contributed by atoms with E-state index in [9.17, 15) is 22.9 Å². The van der Waals surface area contributed by atoms with Gasteiger partial charge >= 0.3 is 0 Å². The molecule has 2 aromatic rings. The Kier molecular flexibility index (Phi) is 6.01. The van der Waals surface area contributed by atoms with Crippen LogP contribution in [-0.2, 0) is 14.9 Å². The van der Waals surface area contributed by atoms with Crippen molar-refractivity contribution in [2.45, 2.75) is 18.7 Å². The predicted octanol–water partition coefficient (Wildman–Crippen LogP) is 5.32. The second kappa shape index (κ2) is 8.02. The zero-order valence-corrected chi connectivity index (χ0v) is 19.4. The van der Waals surface area contributed by atoms with Gasteiger partial charge in [0, 0.05) is 0 Å². The van der Waals surface area contributed by atoms with Gasteiger partial charge in [0.05, 0.1) is 13.9 Å². The molecular weight excluding hydrogens is 524 g/mol. The molecule has 29 heavy (non-hydrogen) atoms. The Hall–Kier alpha value is -2.00. The molecule has 0 atom stereocenters. The van der Waals surface area contributed by atoms with Crippen LogP contribution in [0.3, 0.4) is 0 Å². The number of allylic oxidation sites excluding steroid dienone is 5. The number of halogens is 2. The Bertz CT molecular complexity index is 1190. The summed E-state index contributed by atoms with van der Waals surface area (Å²) in [6.07, 6.45) is 3.39. The molecule has 0 saturated heterocycles. The van der Waals surface area contributed by atoms with Gasteiger partial charge in [0.15, 0.2) is 5.78 Å². The number of phenols is 1. The molecule has 0 spiro atoms. The number of carbonyl (C=O) groups is 1. The number of hydrogen-bond donors (Lipinski definition) is 2. The summed E-state index contributed by atoms with van der Waals surface area (Å²) in [5, 5.41) is 10.1. The number of aryl methyl sites for hydroxylation is 1. The van der Waals surface area contributed by atoms with Crippen molar-refractivity contribution in [1.29, 1.82) is 0 Å². The molecule has 0 heterocycles. The van der Waals surface area contributed by atoms with Crippen LogP contribution in [0.4, 0.5) is 0 Å². The molecule has 0 aromatic heterocycles. The van der Waals surface area contributed by atoms with Crippen molar-refractivity contribution in [1.82, 2.24) is 0 Å². The maximum atomic E-state index is 12.1. The highest BCUT2D eigenvalue weighted by molar-refractivity contribution is 9.12. The van der Waals surface area contributed by atoms with Crippen molar-refractivity contribution in [3.63, 3.8) is 0 Å². The molecule has 2 N–H and O–H groups in total. The van der Waals surface area contributed by atoms with Gasteiger partial charge in [-0.25, -0.2) is 0 Å². The molecule has 0 aliphatic heterocycles. The number of carbonyl (C=O) groups excluding carboxylic acids is 1. The molecule has 0 amide bonds. The molecule has 0 fully saturated rings. The highest BCUT2D eigenvalue weighted by Gasteiger charge is 2.21. The summed E-state index contributed by atoms with van der Waals surface area (Å²) in [7, 11) is -4.39. The van der Waals surface area contributed by atoms with Gasteiger partial charge in [0.1, 0.15) is 5.75 Å². The SMILES string of the molecule is CC1=C/C(=C(/c2cccc(S(=O)(=O)O)c2)c2cc(C)c(O)c(Br)c2)C=C(Br)C1=O. The molecule has 5 nitrogen and oxygen atoms in total. The molecule has 0 saturated carbocycles. The Balaban J connectivity index is 2.39. The van der Waals surface area contributed by atoms with E-state index in [1.165, 1.54) is 18.2 Å². The minimum absolute atomic E-state index is 0.104. The number of ketones is 1. The van der Waals surface area contributed by atoms with Crippen molar-refractivity contribution >= 4 is 53.3 Å². The lowest BCUT2D eigenvalue weighted by molar-refractivity contribution is -0.111. The summed E-state index contributed by atoms with van der Waals surface area (Å²) in [5.41, 5.74) is 3.69. The number of Topliss-reactive ketones (excluding diaryl/α,β-unsaturated/α-hetero) is 1. The maximum absolute atomic E-state index is 12.1. The van der Waals surface area contributed by atoms with Crippen molar-refractivity contribution in [2.24, 2.45) is 0 Å². The Labute approximate surface area is 185 Å². The number of aromatic hydroxyl groups is 1. The standard InChI is InChI=1S/C21H16Br2O5S/c1-11-6-14(9-17(22)20(11)24)19(15-7-12(2)21(25)18(23)10-15)13-4-3-5-16(8-13)29(26,27)28/h3-10,24H,1-2H3,(H,26,27,28)/b19-15+. The minimum Gasteiger partial charge on any atom is -0.506 e. The number of phenolic OH excluding ortho intramolecular Hbond substituents is 1. The first-order chi connectivity index (χ1) is 13.5. The largest absolute Gasteiger partial charge is 0.506 e. The van der Waals surface area contributed by atoms with Gasteiger partial charge in [-0.2, -0.15) is 8.42 Å². The molecule has 2 aromatic carbocycles. The number of rotatable bonds is 3.